The van der Waals surface area contributed by atoms with Crippen LogP contribution in [0.5, 0.6) is 0 Å². The zero-order chi connectivity index (χ0) is 31.8. The molecule has 1 N–H and O–H groups in total. The van der Waals surface area contributed by atoms with Crippen LogP contribution in [0, 0.1) is 0 Å². The number of hydrogen-bond acceptors (Lipinski definition) is 6. The fourth-order valence-electron chi connectivity index (χ4n) is 5.24. The van der Waals surface area contributed by atoms with Crippen LogP contribution in [-0.2, 0) is 34.1 Å². The Morgan fingerprint density at radius 3 is 2.07 bits per heavy atom. The quantitative estimate of drug-likeness (QED) is 0.161. The number of hydrogen-bond donors (Lipinski definition) is 1. The van der Waals surface area contributed by atoms with Crippen LogP contribution in [0.2, 0.25) is 0 Å². The molecule has 0 aliphatic heterocycles. The maximum absolute atomic E-state index is 13.3. The zero-order valence-corrected chi connectivity index (χ0v) is 26.1. The zero-order valence-electron chi connectivity index (χ0n) is 25.3. The maximum atomic E-state index is 13.3. The number of carbonyl (C=O) groups excluding carboxylic acids is 2. The lowest BCUT2D eigenvalue weighted by atomic mass is 9.99. The van der Waals surface area contributed by atoms with Gasteiger partial charge in [-0.3, -0.25) is 9.48 Å². The minimum Gasteiger partial charge on any atom is -0.462 e. The fraction of sp³-hybridized carbons (Fsp3) is 0.194. The van der Waals surface area contributed by atoms with Crippen LogP contribution in [0.1, 0.15) is 63.5 Å². The minimum absolute atomic E-state index is 0.00166. The van der Waals surface area contributed by atoms with Crippen LogP contribution in [0.3, 0.4) is 0 Å². The fourth-order valence-corrected chi connectivity index (χ4v) is 6.45. The monoisotopic (exact) mass is 621 g/mol. The van der Waals surface area contributed by atoms with Crippen LogP contribution in [0.4, 0.5) is 0 Å². The summed E-state index contributed by atoms with van der Waals surface area (Å²) in [7, 11) is -4.16. The normalized spacial score (nSPS) is 11.2. The molecule has 0 saturated carbocycles. The Morgan fingerprint density at radius 1 is 0.778 bits per heavy atom. The number of benzene rings is 4. The second-order valence-electron chi connectivity index (χ2n) is 10.5. The van der Waals surface area contributed by atoms with Crippen LogP contribution in [0.15, 0.2) is 114 Å². The highest BCUT2D eigenvalue weighted by Gasteiger charge is 2.26. The average Bonchev–Trinajstić information content (AvgIpc) is 3.38. The van der Waals surface area contributed by atoms with Gasteiger partial charge in [-0.15, -0.1) is 0 Å². The predicted molar refractivity (Wildman–Crippen MR) is 174 cm³/mol. The van der Waals surface area contributed by atoms with E-state index in [-0.39, 0.29) is 17.1 Å². The van der Waals surface area contributed by atoms with Crippen molar-refractivity contribution in [3.8, 4) is 11.1 Å². The van der Waals surface area contributed by atoms with E-state index in [4.69, 9.17) is 9.84 Å². The molecule has 0 fully saturated rings. The molecule has 1 aromatic heterocycles. The summed E-state index contributed by atoms with van der Waals surface area (Å²) in [5.41, 5.74) is 5.30. The molecule has 0 spiro atoms. The Balaban J connectivity index is 1.45. The molecule has 5 rings (SSSR count). The van der Waals surface area contributed by atoms with E-state index in [9.17, 15) is 18.0 Å². The van der Waals surface area contributed by atoms with E-state index in [1.54, 1.807) is 55.5 Å². The Labute approximate surface area is 263 Å². The SMILES string of the molecule is CCCn1nc(Cc2ccccc2)c(C(=O)OCC)c1Cc1ccc(-c2ccccc2S(=O)(=O)NC(=O)c2ccccc2)cc1. The molecule has 230 valence electrons. The van der Waals surface area contributed by atoms with Gasteiger partial charge >= 0.3 is 5.97 Å². The van der Waals surface area contributed by atoms with Gasteiger partial charge in [-0.05, 0) is 48.2 Å². The average molecular weight is 622 g/mol. The molecule has 0 bridgehead atoms. The molecule has 45 heavy (non-hydrogen) atoms. The van der Waals surface area contributed by atoms with E-state index >= 15 is 0 Å². The van der Waals surface area contributed by atoms with E-state index < -0.39 is 21.9 Å². The largest absolute Gasteiger partial charge is 0.462 e. The number of esters is 1. The lowest BCUT2D eigenvalue weighted by Gasteiger charge is -2.13. The lowest BCUT2D eigenvalue weighted by molar-refractivity contribution is 0.0523. The highest BCUT2D eigenvalue weighted by molar-refractivity contribution is 7.90. The van der Waals surface area contributed by atoms with Crippen LogP contribution in [-0.4, -0.2) is 36.7 Å². The van der Waals surface area contributed by atoms with Crippen LogP contribution in [0.25, 0.3) is 11.1 Å². The number of aryl methyl sites for hydroxylation is 1. The molecule has 0 atom stereocenters. The van der Waals surface area contributed by atoms with Gasteiger partial charge in [0.25, 0.3) is 15.9 Å². The molecule has 9 heteroatoms. The van der Waals surface area contributed by atoms with Crippen LogP contribution >= 0.6 is 0 Å². The Hall–Kier alpha value is -5.02. The molecule has 8 nitrogen and oxygen atoms in total. The number of amides is 1. The van der Waals surface area contributed by atoms with E-state index in [2.05, 4.69) is 11.6 Å². The van der Waals surface area contributed by atoms with Crippen molar-refractivity contribution >= 4 is 21.9 Å². The molecule has 0 radical (unpaired) electrons. The van der Waals surface area contributed by atoms with Gasteiger partial charge < -0.3 is 4.74 Å². The van der Waals surface area contributed by atoms with Crippen molar-refractivity contribution in [1.82, 2.24) is 14.5 Å². The highest BCUT2D eigenvalue weighted by atomic mass is 32.2. The summed E-state index contributed by atoms with van der Waals surface area (Å²) in [6, 6.07) is 32.2. The molecule has 1 heterocycles. The highest BCUT2D eigenvalue weighted by Crippen LogP contribution is 2.29. The third-order valence-electron chi connectivity index (χ3n) is 7.34. The van der Waals surface area contributed by atoms with Gasteiger partial charge in [0.2, 0.25) is 0 Å². The van der Waals surface area contributed by atoms with Crippen molar-refractivity contribution in [2.45, 2.75) is 44.6 Å². The first kappa shape index (κ1) is 31.4. The van der Waals surface area contributed by atoms with Crippen molar-refractivity contribution < 1.29 is 22.7 Å². The molecular formula is C36H35N3O5S. The number of aromatic nitrogens is 2. The number of rotatable bonds is 12. The van der Waals surface area contributed by atoms with Gasteiger partial charge in [0, 0.05) is 30.5 Å². The summed E-state index contributed by atoms with van der Waals surface area (Å²) in [5, 5.41) is 4.86. The van der Waals surface area contributed by atoms with Crippen molar-refractivity contribution in [3.63, 3.8) is 0 Å². The van der Waals surface area contributed by atoms with Crippen LogP contribution < -0.4 is 4.72 Å². The van der Waals surface area contributed by atoms with Crippen molar-refractivity contribution in [3.05, 3.63) is 143 Å². The second-order valence-corrected chi connectivity index (χ2v) is 12.2. The number of sulfonamides is 1. The predicted octanol–water partition coefficient (Wildman–Crippen LogP) is 6.44. The minimum atomic E-state index is -4.16. The molecule has 4 aromatic carbocycles. The summed E-state index contributed by atoms with van der Waals surface area (Å²) in [6.07, 6.45) is 1.78. The first-order valence-corrected chi connectivity index (χ1v) is 16.4. The number of nitrogens with zero attached hydrogens (tertiary/aromatic N) is 2. The van der Waals surface area contributed by atoms with Gasteiger partial charge in [0.15, 0.2) is 0 Å². The molecular weight excluding hydrogens is 586 g/mol. The number of ether oxygens (including phenoxy) is 1. The molecule has 5 aromatic rings. The maximum Gasteiger partial charge on any atom is 0.341 e. The standard InChI is InChI=1S/C36H35N3O5S/c1-3-23-39-32(34(36(41)44-4-2)31(37-39)24-26-13-7-5-8-14-26)25-27-19-21-28(22-20-27)30-17-11-12-18-33(30)45(42,43)38-35(40)29-15-9-6-10-16-29/h5-22H,3-4,23-25H2,1-2H3,(H,38,40). The number of carbonyl (C=O) groups is 2. The third kappa shape index (κ3) is 7.38. The Bertz CT molecular complexity index is 1880. The molecule has 0 aliphatic carbocycles. The summed E-state index contributed by atoms with van der Waals surface area (Å²) in [6.45, 7) is 4.75. The second kappa shape index (κ2) is 14.2. The molecule has 0 saturated heterocycles. The Morgan fingerprint density at radius 2 is 1.40 bits per heavy atom. The first-order chi connectivity index (χ1) is 21.8. The van der Waals surface area contributed by atoms with Gasteiger partial charge in [0.1, 0.15) is 5.56 Å². The summed E-state index contributed by atoms with van der Waals surface area (Å²) < 4.78 is 36.2. The molecule has 0 aliphatic rings. The third-order valence-corrected chi connectivity index (χ3v) is 8.72. The van der Waals surface area contributed by atoms with Gasteiger partial charge in [0.05, 0.1) is 22.9 Å². The van der Waals surface area contributed by atoms with E-state index in [0.717, 1.165) is 23.2 Å². The molecule has 0 unspecified atom stereocenters. The van der Waals surface area contributed by atoms with Gasteiger partial charge in [-0.25, -0.2) is 17.9 Å². The van der Waals surface area contributed by atoms with E-state index in [0.29, 0.717) is 41.8 Å². The molecule has 1 amide bonds. The first-order valence-electron chi connectivity index (χ1n) is 14.9. The summed E-state index contributed by atoms with van der Waals surface area (Å²) in [4.78, 5) is 25.9. The van der Waals surface area contributed by atoms with Crippen molar-refractivity contribution in [2.75, 3.05) is 6.61 Å². The number of nitrogens with one attached hydrogen (secondary N) is 1. The van der Waals surface area contributed by atoms with E-state index in [1.807, 2.05) is 59.3 Å². The Kier molecular flexibility index (Phi) is 9.89. The van der Waals surface area contributed by atoms with Crippen molar-refractivity contribution in [2.24, 2.45) is 0 Å². The topological polar surface area (TPSA) is 107 Å². The van der Waals surface area contributed by atoms with E-state index in [1.165, 1.54) is 6.07 Å². The van der Waals surface area contributed by atoms with Crippen molar-refractivity contribution in [1.29, 1.82) is 0 Å². The smallest absolute Gasteiger partial charge is 0.341 e. The van der Waals surface area contributed by atoms with Gasteiger partial charge in [-0.2, -0.15) is 5.10 Å². The summed E-state index contributed by atoms with van der Waals surface area (Å²) in [5.74, 6) is -1.09. The van der Waals surface area contributed by atoms with Gasteiger partial charge in [-0.1, -0.05) is 97.9 Å². The lowest BCUT2D eigenvalue weighted by Crippen LogP contribution is -2.30. The summed E-state index contributed by atoms with van der Waals surface area (Å²) >= 11 is 0.